The maximum absolute atomic E-state index is 5.67. The lowest BCUT2D eigenvalue weighted by atomic mass is 10.1. The number of benzene rings is 2. The maximum Gasteiger partial charge on any atom is 0.119 e. The first-order chi connectivity index (χ1) is 9.40. The lowest BCUT2D eigenvalue weighted by Gasteiger charge is -2.07. The zero-order valence-electron chi connectivity index (χ0n) is 11.0. The first-order valence-corrected chi connectivity index (χ1v) is 6.62. The largest absolute Gasteiger partial charge is 0.494 e. The summed E-state index contributed by atoms with van der Waals surface area (Å²) in [7, 11) is 0. The molecule has 0 saturated heterocycles. The van der Waals surface area contributed by atoms with Gasteiger partial charge < -0.3 is 4.74 Å². The average Bonchev–Trinajstić information content (AvgIpc) is 2.49. The molecule has 0 bridgehead atoms. The molecule has 0 unspecified atom stereocenters. The van der Waals surface area contributed by atoms with Crippen LogP contribution >= 0.6 is 0 Å². The predicted octanol–water partition coefficient (Wildman–Crippen LogP) is 4.54. The zero-order valence-corrected chi connectivity index (χ0v) is 11.0. The molecule has 0 saturated carbocycles. The van der Waals surface area contributed by atoms with E-state index in [1.54, 1.807) is 0 Å². The highest BCUT2D eigenvalue weighted by Gasteiger charge is 1.98. The van der Waals surface area contributed by atoms with Gasteiger partial charge in [-0.1, -0.05) is 42.5 Å². The first kappa shape index (κ1) is 13.2. The van der Waals surface area contributed by atoms with Gasteiger partial charge in [-0.3, -0.25) is 0 Å². The van der Waals surface area contributed by atoms with E-state index in [1.807, 2.05) is 30.3 Å². The second kappa shape index (κ2) is 7.28. The summed E-state index contributed by atoms with van der Waals surface area (Å²) >= 11 is 0. The maximum atomic E-state index is 5.67. The van der Waals surface area contributed by atoms with Gasteiger partial charge in [0.1, 0.15) is 5.75 Å². The monoisotopic (exact) mass is 250 g/mol. The summed E-state index contributed by atoms with van der Waals surface area (Å²) in [6, 6.07) is 18.5. The summed E-state index contributed by atoms with van der Waals surface area (Å²) < 4.78 is 5.67. The Hall–Kier alpha value is -2.20. The Morgan fingerprint density at radius 1 is 0.842 bits per heavy atom. The molecule has 0 atom stereocenters. The van der Waals surface area contributed by atoms with Crippen LogP contribution in [0.2, 0.25) is 0 Å². The van der Waals surface area contributed by atoms with E-state index < -0.39 is 0 Å². The van der Waals surface area contributed by atoms with Crippen LogP contribution in [0.1, 0.15) is 19.3 Å². The van der Waals surface area contributed by atoms with E-state index in [1.165, 1.54) is 11.1 Å². The number of rotatable bonds is 6. The Labute approximate surface area is 115 Å². The van der Waals surface area contributed by atoms with Crippen LogP contribution in [0, 0.1) is 12.3 Å². The van der Waals surface area contributed by atoms with Crippen molar-refractivity contribution in [2.45, 2.75) is 19.3 Å². The summed E-state index contributed by atoms with van der Waals surface area (Å²) in [6.45, 7) is 0.729. The molecule has 2 rings (SSSR count). The minimum Gasteiger partial charge on any atom is -0.494 e. The predicted molar refractivity (Wildman–Crippen MR) is 80.1 cm³/mol. The highest BCUT2D eigenvalue weighted by atomic mass is 16.5. The van der Waals surface area contributed by atoms with Crippen molar-refractivity contribution in [1.82, 2.24) is 0 Å². The Bertz CT molecular complexity index is 520. The lowest BCUT2D eigenvalue weighted by Crippen LogP contribution is -1.96. The van der Waals surface area contributed by atoms with Crippen LogP contribution in [0.3, 0.4) is 0 Å². The smallest absolute Gasteiger partial charge is 0.119 e. The van der Waals surface area contributed by atoms with Gasteiger partial charge >= 0.3 is 0 Å². The van der Waals surface area contributed by atoms with Gasteiger partial charge in [-0.15, -0.1) is 12.3 Å². The van der Waals surface area contributed by atoms with Gasteiger partial charge in [-0.05, 0) is 36.1 Å². The van der Waals surface area contributed by atoms with Crippen molar-refractivity contribution in [3.8, 4) is 29.2 Å². The number of terminal acetylenes is 1. The number of hydrogen-bond donors (Lipinski definition) is 0. The van der Waals surface area contributed by atoms with Gasteiger partial charge in [-0.25, -0.2) is 0 Å². The zero-order chi connectivity index (χ0) is 13.3. The van der Waals surface area contributed by atoms with E-state index in [9.17, 15) is 0 Å². The standard InChI is InChI=1S/C18H18O/c1-2-3-4-8-15-19-18-13-11-17(12-14-18)16-9-6-5-7-10-16/h1,5-7,9-14H,3-4,8,15H2. The van der Waals surface area contributed by atoms with Crippen LogP contribution in [0.25, 0.3) is 11.1 Å². The molecular formula is C18H18O. The topological polar surface area (TPSA) is 9.23 Å². The summed E-state index contributed by atoms with van der Waals surface area (Å²) in [5.41, 5.74) is 2.43. The van der Waals surface area contributed by atoms with Gasteiger partial charge in [0.15, 0.2) is 0 Å². The third-order valence-corrected chi connectivity index (χ3v) is 2.95. The Balaban J connectivity index is 1.87. The molecule has 2 aromatic carbocycles. The molecule has 1 heteroatoms. The van der Waals surface area contributed by atoms with E-state index in [-0.39, 0.29) is 0 Å². The molecule has 0 aliphatic carbocycles. The summed E-state index contributed by atoms with van der Waals surface area (Å²) in [5.74, 6) is 3.55. The Kier molecular flexibility index (Phi) is 5.07. The molecule has 0 radical (unpaired) electrons. The highest BCUT2D eigenvalue weighted by Crippen LogP contribution is 2.22. The van der Waals surface area contributed by atoms with Gasteiger partial charge in [-0.2, -0.15) is 0 Å². The van der Waals surface area contributed by atoms with E-state index in [4.69, 9.17) is 11.2 Å². The molecule has 0 heterocycles. The molecule has 2 aromatic rings. The fourth-order valence-corrected chi connectivity index (χ4v) is 1.89. The van der Waals surface area contributed by atoms with Crippen LogP contribution in [0.5, 0.6) is 5.75 Å². The Morgan fingerprint density at radius 2 is 1.53 bits per heavy atom. The fraction of sp³-hybridized carbons (Fsp3) is 0.222. The van der Waals surface area contributed by atoms with Crippen molar-refractivity contribution < 1.29 is 4.74 Å². The number of ether oxygens (including phenoxy) is 1. The van der Waals surface area contributed by atoms with Crippen LogP contribution in [0.15, 0.2) is 54.6 Å². The summed E-state index contributed by atoms with van der Waals surface area (Å²) in [5, 5.41) is 0. The molecule has 0 N–H and O–H groups in total. The average molecular weight is 250 g/mol. The summed E-state index contributed by atoms with van der Waals surface area (Å²) in [6.07, 6.45) is 8.06. The first-order valence-electron chi connectivity index (χ1n) is 6.62. The molecule has 1 nitrogen and oxygen atoms in total. The van der Waals surface area contributed by atoms with Crippen molar-refractivity contribution in [1.29, 1.82) is 0 Å². The van der Waals surface area contributed by atoms with Gasteiger partial charge in [0, 0.05) is 6.42 Å². The second-order valence-electron chi connectivity index (χ2n) is 4.40. The fourth-order valence-electron chi connectivity index (χ4n) is 1.89. The number of unbranched alkanes of at least 4 members (excludes halogenated alkanes) is 2. The molecule has 96 valence electrons. The Morgan fingerprint density at radius 3 is 2.21 bits per heavy atom. The van der Waals surface area contributed by atoms with Gasteiger partial charge in [0.05, 0.1) is 6.61 Å². The third kappa shape index (κ3) is 4.19. The molecule has 0 fully saturated rings. The quantitative estimate of drug-likeness (QED) is 0.540. The van der Waals surface area contributed by atoms with Crippen LogP contribution < -0.4 is 4.74 Å². The van der Waals surface area contributed by atoms with Crippen molar-refractivity contribution in [3.05, 3.63) is 54.6 Å². The highest BCUT2D eigenvalue weighted by molar-refractivity contribution is 5.63. The van der Waals surface area contributed by atoms with Crippen molar-refractivity contribution >= 4 is 0 Å². The second-order valence-corrected chi connectivity index (χ2v) is 4.40. The van der Waals surface area contributed by atoms with Gasteiger partial charge in [0.25, 0.3) is 0 Å². The molecule has 0 aliphatic heterocycles. The lowest BCUT2D eigenvalue weighted by molar-refractivity contribution is 0.307. The molecular weight excluding hydrogens is 232 g/mol. The van der Waals surface area contributed by atoms with Crippen LogP contribution in [0.4, 0.5) is 0 Å². The minimum atomic E-state index is 0.729. The van der Waals surface area contributed by atoms with E-state index in [0.717, 1.165) is 31.6 Å². The molecule has 19 heavy (non-hydrogen) atoms. The SMILES string of the molecule is C#CCCCCOc1ccc(-c2ccccc2)cc1. The van der Waals surface area contributed by atoms with E-state index in [2.05, 4.69) is 30.2 Å². The van der Waals surface area contributed by atoms with Crippen LogP contribution in [-0.2, 0) is 0 Å². The minimum absolute atomic E-state index is 0.729. The normalized spacial score (nSPS) is 9.84. The molecule has 0 aromatic heterocycles. The van der Waals surface area contributed by atoms with E-state index in [0.29, 0.717) is 0 Å². The molecule has 0 spiro atoms. The van der Waals surface area contributed by atoms with Crippen molar-refractivity contribution in [2.75, 3.05) is 6.61 Å². The van der Waals surface area contributed by atoms with Crippen molar-refractivity contribution in [2.24, 2.45) is 0 Å². The number of hydrogen-bond acceptors (Lipinski definition) is 1. The molecule has 0 amide bonds. The molecule has 0 aliphatic rings. The van der Waals surface area contributed by atoms with Gasteiger partial charge in [0.2, 0.25) is 0 Å². The van der Waals surface area contributed by atoms with E-state index >= 15 is 0 Å². The van der Waals surface area contributed by atoms with Crippen LogP contribution in [-0.4, -0.2) is 6.61 Å². The third-order valence-electron chi connectivity index (χ3n) is 2.95. The van der Waals surface area contributed by atoms with Crippen molar-refractivity contribution in [3.63, 3.8) is 0 Å². The summed E-state index contributed by atoms with van der Waals surface area (Å²) in [4.78, 5) is 0.